The molecule has 2 aromatic rings. The van der Waals surface area contributed by atoms with Crippen molar-refractivity contribution in [2.24, 2.45) is 5.92 Å². The summed E-state index contributed by atoms with van der Waals surface area (Å²) < 4.78 is 34.4. The minimum Gasteiger partial charge on any atom is -0.495 e. The Morgan fingerprint density at radius 1 is 1.06 bits per heavy atom. The summed E-state index contributed by atoms with van der Waals surface area (Å²) in [6.07, 6.45) is 3.95. The van der Waals surface area contributed by atoms with Crippen LogP contribution in [0.15, 0.2) is 47.4 Å². The number of sulfonamides is 1. The number of amides is 1. The van der Waals surface area contributed by atoms with E-state index in [0.717, 1.165) is 25.7 Å². The van der Waals surface area contributed by atoms with Gasteiger partial charge in [0.2, 0.25) is 10.0 Å². The van der Waals surface area contributed by atoms with Crippen molar-refractivity contribution in [3.63, 3.8) is 0 Å². The Hall–Kier alpha value is -2.38. The zero-order valence-electron chi connectivity index (χ0n) is 18.6. The van der Waals surface area contributed by atoms with E-state index in [1.807, 2.05) is 24.3 Å². The smallest absolute Gasteiger partial charge is 0.255 e. The standard InChI is InChI=1S/C24H32N2O4S/c1-16(2)18-9-12-20(13-10-18)25-24(27)19-11-14-22(30-4)23(15-19)31(28,29)26-21-8-6-5-7-17(21)3/h9-17,21,26H,5-8H2,1-4H3,(H,25,27). The summed E-state index contributed by atoms with van der Waals surface area (Å²) in [6, 6.07) is 12.0. The summed E-state index contributed by atoms with van der Waals surface area (Å²) in [6.45, 7) is 6.28. The van der Waals surface area contributed by atoms with Gasteiger partial charge in [-0.3, -0.25) is 4.79 Å². The third-order valence-corrected chi connectivity index (χ3v) is 7.48. The molecule has 6 nitrogen and oxygen atoms in total. The molecule has 2 N–H and O–H groups in total. The average molecular weight is 445 g/mol. The molecule has 1 aliphatic rings. The van der Waals surface area contributed by atoms with E-state index in [4.69, 9.17) is 4.74 Å². The molecule has 2 aromatic carbocycles. The molecule has 0 aliphatic heterocycles. The molecule has 1 fully saturated rings. The maximum Gasteiger partial charge on any atom is 0.255 e. The predicted molar refractivity (Wildman–Crippen MR) is 123 cm³/mol. The summed E-state index contributed by atoms with van der Waals surface area (Å²) in [5.41, 5.74) is 2.09. The van der Waals surface area contributed by atoms with Crippen molar-refractivity contribution in [3.05, 3.63) is 53.6 Å². The van der Waals surface area contributed by atoms with Crippen LogP contribution in [0.3, 0.4) is 0 Å². The van der Waals surface area contributed by atoms with Gasteiger partial charge in [0.15, 0.2) is 0 Å². The first kappa shape index (κ1) is 23.3. The molecule has 2 atom stereocenters. The van der Waals surface area contributed by atoms with Gasteiger partial charge >= 0.3 is 0 Å². The van der Waals surface area contributed by atoms with Crippen molar-refractivity contribution in [1.82, 2.24) is 4.72 Å². The van der Waals surface area contributed by atoms with E-state index in [1.165, 1.54) is 24.8 Å². The fourth-order valence-corrected chi connectivity index (χ4v) is 5.51. The van der Waals surface area contributed by atoms with Gasteiger partial charge in [-0.1, -0.05) is 45.7 Å². The van der Waals surface area contributed by atoms with Crippen molar-refractivity contribution in [1.29, 1.82) is 0 Å². The number of rotatable bonds is 7. The fourth-order valence-electron chi connectivity index (χ4n) is 3.94. The van der Waals surface area contributed by atoms with Crippen LogP contribution < -0.4 is 14.8 Å². The van der Waals surface area contributed by atoms with Gasteiger partial charge in [-0.05, 0) is 60.6 Å². The largest absolute Gasteiger partial charge is 0.495 e. The van der Waals surface area contributed by atoms with Gasteiger partial charge < -0.3 is 10.1 Å². The highest BCUT2D eigenvalue weighted by Crippen LogP contribution is 2.29. The molecule has 7 heteroatoms. The monoisotopic (exact) mass is 444 g/mol. The molecule has 0 spiro atoms. The Kier molecular flexibility index (Phi) is 7.38. The summed E-state index contributed by atoms with van der Waals surface area (Å²) in [5, 5.41) is 2.83. The zero-order chi connectivity index (χ0) is 22.6. The van der Waals surface area contributed by atoms with Gasteiger partial charge in [0.25, 0.3) is 5.91 Å². The van der Waals surface area contributed by atoms with Gasteiger partial charge in [-0.15, -0.1) is 0 Å². The van der Waals surface area contributed by atoms with E-state index < -0.39 is 10.0 Å². The Morgan fingerprint density at radius 3 is 2.35 bits per heavy atom. The Labute approximate surface area is 185 Å². The minimum absolute atomic E-state index is 0.0180. The van der Waals surface area contributed by atoms with Crippen LogP contribution in [0, 0.1) is 5.92 Å². The molecule has 168 valence electrons. The van der Waals surface area contributed by atoms with Crippen molar-refractivity contribution in [3.8, 4) is 5.75 Å². The summed E-state index contributed by atoms with van der Waals surface area (Å²) in [7, 11) is -2.41. The van der Waals surface area contributed by atoms with Gasteiger partial charge in [0.05, 0.1) is 7.11 Å². The number of ether oxygens (including phenoxy) is 1. The molecule has 1 aliphatic carbocycles. The Bertz CT molecular complexity index is 1020. The Balaban J connectivity index is 1.82. The molecular weight excluding hydrogens is 412 g/mol. The third kappa shape index (κ3) is 5.66. The van der Waals surface area contributed by atoms with E-state index in [-0.39, 0.29) is 34.1 Å². The second-order valence-electron chi connectivity index (χ2n) is 8.59. The number of benzene rings is 2. The second kappa shape index (κ2) is 9.83. The molecule has 2 unspecified atom stereocenters. The lowest BCUT2D eigenvalue weighted by atomic mass is 9.87. The number of nitrogens with one attached hydrogen (secondary N) is 2. The molecule has 0 radical (unpaired) electrons. The van der Waals surface area contributed by atoms with E-state index in [1.54, 1.807) is 6.07 Å². The lowest BCUT2D eigenvalue weighted by molar-refractivity contribution is 0.102. The minimum atomic E-state index is -3.83. The third-order valence-electron chi connectivity index (χ3n) is 5.97. The SMILES string of the molecule is COc1ccc(C(=O)Nc2ccc(C(C)C)cc2)cc1S(=O)(=O)NC1CCCCC1C. The van der Waals surface area contributed by atoms with Crippen LogP contribution in [0.4, 0.5) is 5.69 Å². The highest BCUT2D eigenvalue weighted by atomic mass is 32.2. The first-order valence-electron chi connectivity index (χ1n) is 10.8. The van der Waals surface area contributed by atoms with Crippen molar-refractivity contribution in [2.75, 3.05) is 12.4 Å². The number of anilines is 1. The quantitative estimate of drug-likeness (QED) is 0.634. The number of hydrogen-bond acceptors (Lipinski definition) is 4. The van der Waals surface area contributed by atoms with Crippen molar-refractivity contribution >= 4 is 21.6 Å². The molecule has 0 saturated heterocycles. The topological polar surface area (TPSA) is 84.5 Å². The molecule has 0 aromatic heterocycles. The van der Waals surface area contributed by atoms with Crippen LogP contribution in [0.1, 0.15) is 68.3 Å². The van der Waals surface area contributed by atoms with Crippen LogP contribution in [-0.2, 0) is 10.0 Å². The number of methoxy groups -OCH3 is 1. The Morgan fingerprint density at radius 2 is 1.74 bits per heavy atom. The van der Waals surface area contributed by atoms with E-state index >= 15 is 0 Å². The average Bonchev–Trinajstić information content (AvgIpc) is 2.75. The first-order valence-corrected chi connectivity index (χ1v) is 12.3. The van der Waals surface area contributed by atoms with Crippen molar-refractivity contribution < 1.29 is 17.9 Å². The molecule has 1 saturated carbocycles. The summed E-state index contributed by atoms with van der Waals surface area (Å²) in [4.78, 5) is 12.8. The van der Waals surface area contributed by atoms with E-state index in [9.17, 15) is 13.2 Å². The summed E-state index contributed by atoms with van der Waals surface area (Å²) >= 11 is 0. The molecule has 0 bridgehead atoms. The highest BCUT2D eigenvalue weighted by molar-refractivity contribution is 7.89. The lowest BCUT2D eigenvalue weighted by Crippen LogP contribution is -2.41. The van der Waals surface area contributed by atoms with Crippen molar-refractivity contribution in [2.45, 2.75) is 63.3 Å². The van der Waals surface area contributed by atoms with E-state index in [2.05, 4.69) is 30.8 Å². The highest BCUT2D eigenvalue weighted by Gasteiger charge is 2.29. The maximum atomic E-state index is 13.1. The second-order valence-corrected chi connectivity index (χ2v) is 10.3. The normalized spacial score (nSPS) is 19.3. The van der Waals surface area contributed by atoms with Crippen LogP contribution >= 0.6 is 0 Å². The van der Waals surface area contributed by atoms with Crippen LogP contribution in [0.5, 0.6) is 5.75 Å². The molecule has 3 rings (SSSR count). The molecule has 0 heterocycles. The number of carbonyl (C=O) groups excluding carboxylic acids is 1. The van der Waals surface area contributed by atoms with E-state index in [0.29, 0.717) is 11.6 Å². The summed E-state index contributed by atoms with van der Waals surface area (Å²) in [5.74, 6) is 0.518. The lowest BCUT2D eigenvalue weighted by Gasteiger charge is -2.29. The maximum absolute atomic E-state index is 13.1. The van der Waals surface area contributed by atoms with Crippen LogP contribution in [0.25, 0.3) is 0 Å². The van der Waals surface area contributed by atoms with Gasteiger partial charge in [-0.25, -0.2) is 13.1 Å². The molecule has 1 amide bonds. The van der Waals surface area contributed by atoms with Gasteiger partial charge in [0.1, 0.15) is 10.6 Å². The first-order chi connectivity index (χ1) is 14.7. The van der Waals surface area contributed by atoms with Crippen LogP contribution in [0.2, 0.25) is 0 Å². The zero-order valence-corrected chi connectivity index (χ0v) is 19.5. The predicted octanol–water partition coefficient (Wildman–Crippen LogP) is 4.93. The number of carbonyl (C=O) groups is 1. The van der Waals surface area contributed by atoms with Gasteiger partial charge in [-0.2, -0.15) is 0 Å². The number of hydrogen-bond donors (Lipinski definition) is 2. The molecular formula is C24H32N2O4S. The van der Waals surface area contributed by atoms with Crippen LogP contribution in [-0.4, -0.2) is 27.5 Å². The fraction of sp³-hybridized carbons (Fsp3) is 0.458. The van der Waals surface area contributed by atoms with Gasteiger partial charge in [0, 0.05) is 17.3 Å². The molecule has 31 heavy (non-hydrogen) atoms.